The minimum atomic E-state index is -0.935. The molecule has 2 fully saturated rings. The predicted octanol–water partition coefficient (Wildman–Crippen LogP) is 2.68. The van der Waals surface area contributed by atoms with Crippen molar-refractivity contribution in [2.75, 3.05) is 43.0 Å². The number of aromatic hydroxyl groups is 1. The standard InChI is InChI=1S/C27H33FN6O5/c1-14-10-33-17(11-32(14)26(37)39-27(2,3)4)18(13-35)34-12-19(16-7-6-8-31(16)5)38-25-23(34)22(33)15-9-29-24(36)20(28)21(15)30-25/h9,14,16-17,19H,6-8,10-12H2,1-5H3,(H,29,36)/t14-,16+,17-,19-/m1/s1. The Balaban J connectivity index is 1.51. The van der Waals surface area contributed by atoms with E-state index < -0.39 is 29.4 Å². The molecule has 6 rings (SSSR count). The zero-order valence-corrected chi connectivity index (χ0v) is 22.8. The minimum absolute atomic E-state index is 0.0591. The van der Waals surface area contributed by atoms with Crippen molar-refractivity contribution in [3.8, 4) is 11.8 Å². The van der Waals surface area contributed by atoms with Gasteiger partial charge in [-0.2, -0.15) is 4.39 Å². The summed E-state index contributed by atoms with van der Waals surface area (Å²) in [7, 11) is 2.04. The summed E-state index contributed by atoms with van der Waals surface area (Å²) in [4.78, 5) is 41.9. The van der Waals surface area contributed by atoms with Gasteiger partial charge < -0.3 is 29.3 Å². The van der Waals surface area contributed by atoms with Gasteiger partial charge >= 0.3 is 6.09 Å². The molecule has 1 N–H and O–H groups in total. The summed E-state index contributed by atoms with van der Waals surface area (Å²) < 4.78 is 27.3. The van der Waals surface area contributed by atoms with Gasteiger partial charge in [0.1, 0.15) is 34.5 Å². The van der Waals surface area contributed by atoms with Gasteiger partial charge in [0, 0.05) is 30.2 Å². The fraction of sp³-hybridized carbons (Fsp3) is 0.593. The van der Waals surface area contributed by atoms with E-state index in [4.69, 9.17) is 9.47 Å². The molecule has 2 saturated heterocycles. The maximum atomic E-state index is 15.2. The van der Waals surface area contributed by atoms with E-state index in [1.165, 1.54) is 6.20 Å². The average molecular weight is 541 g/mol. The van der Waals surface area contributed by atoms with Gasteiger partial charge in [0.15, 0.2) is 0 Å². The number of amides is 1. The van der Waals surface area contributed by atoms with Gasteiger partial charge in [-0.05, 0) is 54.1 Å². The number of carbonyl (C=O) groups excluding carboxylic acids is 2. The molecule has 4 aliphatic heterocycles. The number of nitrogens with zero attached hydrogens (tertiary/aromatic N) is 6. The predicted molar refractivity (Wildman–Crippen MR) is 141 cm³/mol. The Kier molecular flexibility index (Phi) is 5.89. The Labute approximate surface area is 225 Å². The summed E-state index contributed by atoms with van der Waals surface area (Å²) >= 11 is 0. The van der Waals surface area contributed by atoms with E-state index in [0.717, 1.165) is 19.4 Å². The van der Waals surface area contributed by atoms with Gasteiger partial charge in [-0.25, -0.2) is 19.6 Å². The second-order valence-electron chi connectivity index (χ2n) is 11.9. The van der Waals surface area contributed by atoms with Gasteiger partial charge in [-0.3, -0.25) is 4.90 Å². The zero-order chi connectivity index (χ0) is 27.8. The number of aromatic nitrogens is 2. The van der Waals surface area contributed by atoms with E-state index in [1.54, 1.807) is 4.90 Å². The number of piperazine rings is 1. The topological polar surface area (TPSA) is 112 Å². The highest BCUT2D eigenvalue weighted by atomic mass is 19.1. The number of fused-ring (bicyclic) bond motifs is 4. The number of pyridine rings is 2. The average Bonchev–Trinajstić information content (AvgIpc) is 3.30. The lowest BCUT2D eigenvalue weighted by atomic mass is 9.95. The number of hydrogen-bond donors (Lipinski definition) is 1. The van der Waals surface area contributed by atoms with Crippen LogP contribution in [-0.2, 0) is 9.53 Å². The van der Waals surface area contributed by atoms with Gasteiger partial charge in [0.2, 0.25) is 17.6 Å². The lowest BCUT2D eigenvalue weighted by Gasteiger charge is -2.53. The first-order valence-electron chi connectivity index (χ1n) is 13.4. The van der Waals surface area contributed by atoms with Crippen LogP contribution in [0.1, 0.15) is 40.5 Å². The minimum Gasteiger partial charge on any atom is -0.491 e. The van der Waals surface area contributed by atoms with Gasteiger partial charge in [-0.1, -0.05) is 0 Å². The molecule has 0 spiro atoms. The number of halogens is 1. The van der Waals surface area contributed by atoms with Crippen LogP contribution in [0.2, 0.25) is 0 Å². The number of rotatable bonds is 1. The Hall–Kier alpha value is -3.63. The highest BCUT2D eigenvalue weighted by molar-refractivity contribution is 6.04. The highest BCUT2D eigenvalue weighted by Crippen LogP contribution is 2.52. The largest absolute Gasteiger partial charge is 0.491 e. The fourth-order valence-corrected chi connectivity index (χ4v) is 6.36. The van der Waals surface area contributed by atoms with Crippen molar-refractivity contribution in [2.45, 2.75) is 70.4 Å². The molecule has 2 aromatic rings. The molecule has 1 amide bonds. The molecule has 11 nitrogen and oxygen atoms in total. The van der Waals surface area contributed by atoms with Crippen molar-refractivity contribution in [2.24, 2.45) is 0 Å². The van der Waals surface area contributed by atoms with Crippen molar-refractivity contribution < 1.29 is 28.6 Å². The summed E-state index contributed by atoms with van der Waals surface area (Å²) in [6, 6.07) is -0.756. The van der Waals surface area contributed by atoms with Crippen LogP contribution in [-0.4, -0.2) is 100.0 Å². The number of likely N-dealkylation sites (N-methyl/N-ethyl adjacent to an activating group) is 1. The molecule has 4 aliphatic rings. The van der Waals surface area contributed by atoms with Gasteiger partial charge in [0.25, 0.3) is 0 Å². The number of hydrogen-bond acceptors (Lipinski definition) is 10. The van der Waals surface area contributed by atoms with Crippen LogP contribution in [0.15, 0.2) is 11.9 Å². The molecule has 0 unspecified atom stereocenters. The second kappa shape index (κ2) is 8.96. The number of ether oxygens (including phenoxy) is 2. The molecule has 208 valence electrons. The normalized spacial score (nSPS) is 26.7. The second-order valence-corrected chi connectivity index (χ2v) is 11.9. The van der Waals surface area contributed by atoms with Crippen molar-refractivity contribution >= 4 is 34.3 Å². The summed E-state index contributed by atoms with van der Waals surface area (Å²) in [5, 5.41) is 10.4. The van der Waals surface area contributed by atoms with Crippen LogP contribution in [0.4, 0.5) is 20.6 Å². The smallest absolute Gasteiger partial charge is 0.410 e. The molecule has 0 aliphatic carbocycles. The first kappa shape index (κ1) is 25.6. The van der Waals surface area contributed by atoms with Crippen LogP contribution < -0.4 is 14.5 Å². The van der Waals surface area contributed by atoms with Gasteiger partial charge in [-0.15, -0.1) is 0 Å². The third-order valence-electron chi connectivity index (χ3n) is 8.14. The maximum absolute atomic E-state index is 15.2. The SMILES string of the molecule is C[C@@H]1CN2c3c4c(nc5c(F)c(O)ncc35)O[C@@H]([C@@H]3CCCN3C)CN4C(=C=O)[C@H]2CN1C(=O)OC(C)(C)C. The Morgan fingerprint density at radius 3 is 2.69 bits per heavy atom. The number of anilines is 2. The van der Waals surface area contributed by atoms with E-state index in [1.807, 2.05) is 44.5 Å². The molecule has 39 heavy (non-hydrogen) atoms. The van der Waals surface area contributed by atoms with Crippen LogP contribution in [0.5, 0.6) is 11.8 Å². The number of likely N-dealkylation sites (tertiary alicyclic amines) is 1. The van der Waals surface area contributed by atoms with Crippen LogP contribution in [0, 0.1) is 5.82 Å². The zero-order valence-electron chi connectivity index (χ0n) is 22.8. The molecule has 0 radical (unpaired) electrons. The van der Waals surface area contributed by atoms with E-state index in [9.17, 15) is 14.7 Å². The Morgan fingerprint density at radius 1 is 1.26 bits per heavy atom. The van der Waals surface area contributed by atoms with E-state index in [2.05, 4.69) is 20.8 Å². The quantitative estimate of drug-likeness (QED) is 0.542. The maximum Gasteiger partial charge on any atom is 0.410 e. The number of carbonyl (C=O) groups is 1. The summed E-state index contributed by atoms with van der Waals surface area (Å²) in [5.74, 6) is 0.687. The van der Waals surface area contributed by atoms with Crippen molar-refractivity contribution in [3.63, 3.8) is 0 Å². The van der Waals surface area contributed by atoms with Crippen LogP contribution >= 0.6 is 0 Å². The van der Waals surface area contributed by atoms with Crippen LogP contribution in [0.3, 0.4) is 0 Å². The molecule has 0 saturated carbocycles. The molecule has 12 heteroatoms. The Morgan fingerprint density at radius 2 is 2.03 bits per heavy atom. The van der Waals surface area contributed by atoms with Crippen molar-refractivity contribution in [1.29, 1.82) is 0 Å². The summed E-state index contributed by atoms with van der Waals surface area (Å²) in [6.07, 6.45) is 2.54. The molecule has 0 bridgehead atoms. The summed E-state index contributed by atoms with van der Waals surface area (Å²) in [5.41, 5.74) is 0.796. The molecular weight excluding hydrogens is 507 g/mol. The molecule has 0 aromatic carbocycles. The Bertz CT molecular complexity index is 1410. The lowest BCUT2D eigenvalue weighted by molar-refractivity contribution is 0.0132. The van der Waals surface area contributed by atoms with E-state index in [0.29, 0.717) is 35.5 Å². The first-order chi connectivity index (χ1) is 18.5. The molecule has 2 aromatic heterocycles. The molecule has 6 heterocycles. The monoisotopic (exact) mass is 540 g/mol. The molecular formula is C27H33FN6O5. The summed E-state index contributed by atoms with van der Waals surface area (Å²) in [6.45, 7) is 9.16. The van der Waals surface area contributed by atoms with Crippen molar-refractivity contribution in [1.82, 2.24) is 19.8 Å². The lowest BCUT2D eigenvalue weighted by Crippen LogP contribution is -2.65. The van der Waals surface area contributed by atoms with Crippen LogP contribution in [0.25, 0.3) is 10.9 Å². The van der Waals surface area contributed by atoms with Gasteiger partial charge in [0.05, 0.1) is 24.8 Å². The first-order valence-corrected chi connectivity index (χ1v) is 13.4. The third-order valence-corrected chi connectivity index (χ3v) is 8.14. The van der Waals surface area contributed by atoms with Crippen molar-refractivity contribution in [3.05, 3.63) is 17.7 Å². The highest BCUT2D eigenvalue weighted by Gasteiger charge is 2.50. The van der Waals surface area contributed by atoms with E-state index in [-0.39, 0.29) is 36.1 Å². The fourth-order valence-electron chi connectivity index (χ4n) is 6.36. The third kappa shape index (κ3) is 4.04. The molecule has 4 atom stereocenters. The van der Waals surface area contributed by atoms with E-state index >= 15 is 4.39 Å².